The fourth-order valence-electron chi connectivity index (χ4n) is 2.44. The van der Waals surface area contributed by atoms with Crippen LogP contribution in [0.3, 0.4) is 0 Å². The molecule has 0 spiro atoms. The molecule has 0 saturated heterocycles. The fourth-order valence-corrected chi connectivity index (χ4v) is 2.44. The van der Waals surface area contributed by atoms with Crippen molar-refractivity contribution in [3.8, 4) is 0 Å². The predicted molar refractivity (Wildman–Crippen MR) is 71.0 cm³/mol. The number of hydrogen-bond donors (Lipinski definition) is 1. The van der Waals surface area contributed by atoms with Crippen molar-refractivity contribution in [2.45, 2.75) is 31.6 Å². The quantitative estimate of drug-likeness (QED) is 0.923. The first-order chi connectivity index (χ1) is 10.4. The second kappa shape index (κ2) is 5.43. The highest BCUT2D eigenvalue weighted by atomic mass is 19.4. The molecule has 3 rings (SSSR count). The number of rotatable bonds is 2. The highest BCUT2D eigenvalue weighted by molar-refractivity contribution is 5.92. The van der Waals surface area contributed by atoms with Crippen LogP contribution < -0.4 is 5.32 Å². The fraction of sp³-hybridized carbons (Fsp3) is 0.357. The lowest BCUT2D eigenvalue weighted by Crippen LogP contribution is -2.41. The summed E-state index contributed by atoms with van der Waals surface area (Å²) in [4.78, 5) is 19.8. The summed E-state index contributed by atoms with van der Waals surface area (Å²) in [5.41, 5.74) is -0.894. The van der Waals surface area contributed by atoms with Crippen LogP contribution in [0.25, 0.3) is 0 Å². The second-order valence-electron chi connectivity index (χ2n) is 5.13. The van der Waals surface area contributed by atoms with Crippen molar-refractivity contribution >= 4 is 5.91 Å². The van der Waals surface area contributed by atoms with Gasteiger partial charge in [-0.1, -0.05) is 0 Å². The van der Waals surface area contributed by atoms with Crippen molar-refractivity contribution in [1.82, 2.24) is 19.9 Å². The molecule has 1 atom stereocenters. The summed E-state index contributed by atoms with van der Waals surface area (Å²) in [5.74, 6) is 0.500. The lowest BCUT2D eigenvalue weighted by atomic mass is 10.1. The number of aromatic nitrogens is 3. The van der Waals surface area contributed by atoms with E-state index in [1.165, 1.54) is 0 Å². The number of pyridine rings is 1. The van der Waals surface area contributed by atoms with Crippen LogP contribution in [0, 0.1) is 0 Å². The van der Waals surface area contributed by atoms with Crippen LogP contribution in [-0.2, 0) is 19.1 Å². The van der Waals surface area contributed by atoms with E-state index < -0.39 is 17.6 Å². The minimum absolute atomic E-state index is 0.0237. The average molecular weight is 310 g/mol. The van der Waals surface area contributed by atoms with Gasteiger partial charge in [0.25, 0.3) is 5.91 Å². The van der Waals surface area contributed by atoms with Crippen LogP contribution in [-0.4, -0.2) is 26.5 Å². The maximum atomic E-state index is 12.5. The van der Waals surface area contributed by atoms with Gasteiger partial charge in [-0.15, -0.1) is 0 Å². The van der Waals surface area contributed by atoms with Gasteiger partial charge in [-0.25, -0.2) is 4.98 Å². The topological polar surface area (TPSA) is 59.8 Å². The van der Waals surface area contributed by atoms with Crippen LogP contribution >= 0.6 is 0 Å². The maximum absolute atomic E-state index is 12.5. The molecule has 22 heavy (non-hydrogen) atoms. The van der Waals surface area contributed by atoms with Gasteiger partial charge >= 0.3 is 6.18 Å². The van der Waals surface area contributed by atoms with E-state index in [9.17, 15) is 18.0 Å². The third kappa shape index (κ3) is 2.95. The molecular weight excluding hydrogens is 297 g/mol. The molecule has 0 fully saturated rings. The second-order valence-corrected chi connectivity index (χ2v) is 5.13. The minimum atomic E-state index is -4.46. The minimum Gasteiger partial charge on any atom is -0.346 e. The number of halogens is 3. The van der Waals surface area contributed by atoms with Gasteiger partial charge in [0.1, 0.15) is 11.5 Å². The smallest absolute Gasteiger partial charge is 0.346 e. The number of nitrogens with zero attached hydrogens (tertiary/aromatic N) is 3. The highest BCUT2D eigenvalue weighted by Crippen LogP contribution is 2.28. The number of nitrogens with one attached hydrogen (secondary N) is 1. The summed E-state index contributed by atoms with van der Waals surface area (Å²) in [7, 11) is 0. The number of imidazole rings is 1. The Hall–Kier alpha value is -2.38. The lowest BCUT2D eigenvalue weighted by Gasteiger charge is -2.24. The van der Waals surface area contributed by atoms with Gasteiger partial charge in [0.2, 0.25) is 0 Å². The van der Waals surface area contributed by atoms with Crippen molar-refractivity contribution in [3.63, 3.8) is 0 Å². The number of aryl methyl sites for hydroxylation is 1. The van der Waals surface area contributed by atoms with Crippen LogP contribution in [0.1, 0.15) is 28.3 Å². The Morgan fingerprint density at radius 3 is 2.82 bits per heavy atom. The van der Waals surface area contributed by atoms with Gasteiger partial charge in [-0.3, -0.25) is 9.78 Å². The molecular formula is C14H13F3N4O. The Balaban J connectivity index is 1.65. The maximum Gasteiger partial charge on any atom is 0.417 e. The summed E-state index contributed by atoms with van der Waals surface area (Å²) >= 11 is 0. The number of fused-ring (bicyclic) bond motifs is 1. The van der Waals surface area contributed by atoms with E-state index in [2.05, 4.69) is 15.3 Å². The number of carbonyl (C=O) groups is 1. The van der Waals surface area contributed by atoms with Crippen molar-refractivity contribution in [2.24, 2.45) is 0 Å². The molecule has 8 heteroatoms. The summed E-state index contributed by atoms with van der Waals surface area (Å²) in [6.07, 6.45) is 1.25. The summed E-state index contributed by atoms with van der Waals surface area (Å²) in [5, 5.41) is 2.79. The van der Waals surface area contributed by atoms with E-state index >= 15 is 0 Å². The Bertz CT molecular complexity index is 678. The third-order valence-corrected chi connectivity index (χ3v) is 3.59. The normalized spacial score (nSPS) is 17.9. The lowest BCUT2D eigenvalue weighted by molar-refractivity contribution is -0.137. The van der Waals surface area contributed by atoms with E-state index in [4.69, 9.17) is 0 Å². The molecule has 0 radical (unpaired) electrons. The Morgan fingerprint density at radius 2 is 2.14 bits per heavy atom. The van der Waals surface area contributed by atoms with Gasteiger partial charge in [0.05, 0.1) is 5.56 Å². The van der Waals surface area contributed by atoms with Gasteiger partial charge in [0.15, 0.2) is 0 Å². The Kier molecular flexibility index (Phi) is 3.59. The summed E-state index contributed by atoms with van der Waals surface area (Å²) in [6, 6.07) is 1.86. The number of amides is 1. The first kappa shape index (κ1) is 14.6. The SMILES string of the molecule is O=C(N[C@@H]1CCc2nccn2C1)c1ccc(C(F)(F)F)cn1. The molecule has 1 amide bonds. The largest absolute Gasteiger partial charge is 0.417 e. The molecule has 3 heterocycles. The number of alkyl halides is 3. The van der Waals surface area contributed by atoms with E-state index in [0.29, 0.717) is 12.7 Å². The summed E-state index contributed by atoms with van der Waals surface area (Å²) < 4.78 is 39.3. The van der Waals surface area contributed by atoms with Gasteiger partial charge in [-0.2, -0.15) is 13.2 Å². The Labute approximate surface area is 124 Å². The van der Waals surface area contributed by atoms with E-state index in [0.717, 1.165) is 30.8 Å². The molecule has 116 valence electrons. The number of hydrogen-bond acceptors (Lipinski definition) is 3. The van der Waals surface area contributed by atoms with E-state index in [1.54, 1.807) is 6.20 Å². The van der Waals surface area contributed by atoms with Crippen molar-refractivity contribution in [2.75, 3.05) is 0 Å². The molecule has 1 aliphatic heterocycles. The molecule has 0 aromatic carbocycles. The molecule has 0 bridgehead atoms. The number of carbonyl (C=O) groups excluding carboxylic acids is 1. The van der Waals surface area contributed by atoms with Crippen molar-refractivity contribution in [1.29, 1.82) is 0 Å². The first-order valence-corrected chi connectivity index (χ1v) is 6.77. The zero-order valence-corrected chi connectivity index (χ0v) is 11.5. The zero-order valence-electron chi connectivity index (χ0n) is 11.5. The van der Waals surface area contributed by atoms with Gasteiger partial charge in [0, 0.05) is 37.6 Å². The zero-order chi connectivity index (χ0) is 15.7. The first-order valence-electron chi connectivity index (χ1n) is 6.77. The monoisotopic (exact) mass is 310 g/mol. The molecule has 0 saturated carbocycles. The molecule has 0 unspecified atom stereocenters. The van der Waals surface area contributed by atoms with Crippen molar-refractivity contribution < 1.29 is 18.0 Å². The van der Waals surface area contributed by atoms with Crippen LogP contribution in [0.15, 0.2) is 30.7 Å². The van der Waals surface area contributed by atoms with Gasteiger partial charge < -0.3 is 9.88 Å². The average Bonchev–Trinajstić information content (AvgIpc) is 2.94. The summed E-state index contributed by atoms with van der Waals surface area (Å²) in [6.45, 7) is 0.599. The Morgan fingerprint density at radius 1 is 1.32 bits per heavy atom. The third-order valence-electron chi connectivity index (χ3n) is 3.59. The van der Waals surface area contributed by atoms with Crippen LogP contribution in [0.5, 0.6) is 0 Å². The molecule has 5 nitrogen and oxygen atoms in total. The van der Waals surface area contributed by atoms with Gasteiger partial charge in [-0.05, 0) is 18.6 Å². The van der Waals surface area contributed by atoms with E-state index in [-0.39, 0.29) is 11.7 Å². The molecule has 2 aromatic rings. The van der Waals surface area contributed by atoms with Crippen LogP contribution in [0.4, 0.5) is 13.2 Å². The van der Waals surface area contributed by atoms with Crippen molar-refractivity contribution in [3.05, 3.63) is 47.8 Å². The molecule has 0 aliphatic carbocycles. The molecule has 2 aromatic heterocycles. The highest BCUT2D eigenvalue weighted by Gasteiger charge is 2.31. The standard InChI is InChI=1S/C14H13F3N4O/c15-14(16,17)9-1-3-11(19-7-9)13(22)20-10-2-4-12-18-5-6-21(12)8-10/h1,3,5-7,10H,2,4,8H2,(H,20,22)/t10-/m1/s1. The van der Waals surface area contributed by atoms with Crippen LogP contribution in [0.2, 0.25) is 0 Å². The molecule has 1 aliphatic rings. The van der Waals surface area contributed by atoms with E-state index in [1.807, 2.05) is 10.8 Å². The predicted octanol–water partition coefficient (Wildman–Crippen LogP) is 2.04. The molecule has 1 N–H and O–H groups in total.